The fraction of sp³-hybridized carbons (Fsp3) is 0.591. The Morgan fingerprint density at radius 1 is 0.880 bits per heavy atom. The van der Waals surface area contributed by atoms with Gasteiger partial charge in [0.05, 0.1) is 12.9 Å². The quantitative estimate of drug-likeness (QED) is 0.236. The first-order valence-electron chi connectivity index (χ1n) is 9.75. The first kappa shape index (κ1) is 21.3. The molecule has 1 rings (SSSR count). The van der Waals surface area contributed by atoms with E-state index < -0.39 is 6.16 Å². The molecule has 0 spiro atoms. The Labute approximate surface area is 153 Å². The van der Waals surface area contributed by atoms with Gasteiger partial charge in [0.25, 0.3) is 0 Å². The topological polar surface area (TPSA) is 35.5 Å². The highest BCUT2D eigenvalue weighted by Gasteiger charge is 2.05. The summed E-state index contributed by atoms with van der Waals surface area (Å²) in [6.07, 6.45) is 12.0. The van der Waals surface area contributed by atoms with Gasteiger partial charge in [0, 0.05) is 0 Å². The third-order valence-corrected chi connectivity index (χ3v) is 4.26. The minimum atomic E-state index is -0.677. The molecule has 0 saturated carbocycles. The largest absolute Gasteiger partial charge is 0.513 e. The van der Waals surface area contributed by atoms with E-state index in [4.69, 9.17) is 4.74 Å². The number of aryl methyl sites for hydroxylation is 3. The van der Waals surface area contributed by atoms with E-state index in [1.807, 2.05) is 0 Å². The minimum absolute atomic E-state index is 0.373. The van der Waals surface area contributed by atoms with Crippen LogP contribution in [0.2, 0.25) is 0 Å². The molecular weight excluding hydrogens is 312 g/mol. The lowest BCUT2D eigenvalue weighted by molar-refractivity contribution is 0.0840. The molecule has 25 heavy (non-hydrogen) atoms. The van der Waals surface area contributed by atoms with Crippen LogP contribution in [0.3, 0.4) is 0 Å². The molecule has 0 fully saturated rings. The van der Waals surface area contributed by atoms with E-state index in [-0.39, 0.29) is 0 Å². The summed E-state index contributed by atoms with van der Waals surface area (Å²) in [7, 11) is 0. The molecule has 0 saturated heterocycles. The van der Waals surface area contributed by atoms with Crippen LogP contribution in [0.1, 0.15) is 75.5 Å². The maximum atomic E-state index is 11.1. The van der Waals surface area contributed by atoms with E-state index in [1.165, 1.54) is 55.2 Å². The fourth-order valence-electron chi connectivity index (χ4n) is 2.96. The molecule has 1 aromatic rings. The van der Waals surface area contributed by atoms with Gasteiger partial charge in [0.2, 0.25) is 0 Å². The summed E-state index contributed by atoms with van der Waals surface area (Å²) >= 11 is 0. The van der Waals surface area contributed by atoms with Gasteiger partial charge in [-0.1, -0.05) is 64.3 Å². The highest BCUT2D eigenvalue weighted by molar-refractivity contribution is 5.60. The third-order valence-electron chi connectivity index (χ3n) is 4.26. The highest BCUT2D eigenvalue weighted by atomic mass is 16.7. The van der Waals surface area contributed by atoms with E-state index in [0.717, 1.165) is 31.9 Å². The predicted molar refractivity (Wildman–Crippen MR) is 104 cm³/mol. The maximum absolute atomic E-state index is 11.1. The van der Waals surface area contributed by atoms with Gasteiger partial charge in [-0.25, -0.2) is 4.79 Å². The van der Waals surface area contributed by atoms with Crippen molar-refractivity contribution in [2.45, 2.75) is 78.1 Å². The van der Waals surface area contributed by atoms with Crippen LogP contribution in [-0.4, -0.2) is 12.8 Å². The van der Waals surface area contributed by atoms with Gasteiger partial charge in [0.15, 0.2) is 0 Å². The zero-order chi connectivity index (χ0) is 18.3. The average Bonchev–Trinajstić information content (AvgIpc) is 2.59. The van der Waals surface area contributed by atoms with E-state index in [9.17, 15) is 4.79 Å². The van der Waals surface area contributed by atoms with E-state index >= 15 is 0 Å². The molecule has 0 unspecified atom stereocenters. The molecule has 0 radical (unpaired) electrons. The van der Waals surface area contributed by atoms with Gasteiger partial charge in [0.1, 0.15) is 0 Å². The van der Waals surface area contributed by atoms with Crippen LogP contribution in [0.25, 0.3) is 0 Å². The molecular formula is C22H34O3. The van der Waals surface area contributed by atoms with E-state index in [1.54, 1.807) is 0 Å². The smallest absolute Gasteiger partial charge is 0.434 e. The van der Waals surface area contributed by atoms with Crippen molar-refractivity contribution in [3.05, 3.63) is 47.7 Å². The number of hydrogen-bond donors (Lipinski definition) is 0. The van der Waals surface area contributed by atoms with Crippen LogP contribution >= 0.6 is 0 Å². The van der Waals surface area contributed by atoms with Crippen LogP contribution in [0.4, 0.5) is 4.79 Å². The molecule has 0 aromatic heterocycles. The zero-order valence-electron chi connectivity index (χ0n) is 16.0. The van der Waals surface area contributed by atoms with Crippen LogP contribution in [-0.2, 0) is 28.7 Å². The predicted octanol–water partition coefficient (Wildman–Crippen LogP) is 6.38. The summed E-state index contributed by atoms with van der Waals surface area (Å²) in [5.41, 5.74) is 4.25. The van der Waals surface area contributed by atoms with Gasteiger partial charge in [-0.3, -0.25) is 0 Å². The zero-order valence-corrected chi connectivity index (χ0v) is 16.0. The number of hydrogen-bond acceptors (Lipinski definition) is 3. The van der Waals surface area contributed by atoms with Crippen molar-refractivity contribution in [2.75, 3.05) is 6.61 Å². The lowest BCUT2D eigenvalue weighted by Crippen LogP contribution is -2.06. The number of unbranched alkanes of at least 4 members (excludes halogenated alkanes) is 4. The van der Waals surface area contributed by atoms with Crippen molar-refractivity contribution >= 4 is 6.16 Å². The van der Waals surface area contributed by atoms with Gasteiger partial charge in [-0.2, -0.15) is 0 Å². The molecule has 3 heteroatoms. The molecule has 0 aliphatic rings. The van der Waals surface area contributed by atoms with Gasteiger partial charge in [-0.05, 0) is 55.2 Å². The Bertz CT molecular complexity index is 480. The maximum Gasteiger partial charge on any atom is 0.513 e. The molecule has 0 aliphatic carbocycles. The van der Waals surface area contributed by atoms with Gasteiger partial charge >= 0.3 is 6.16 Å². The molecule has 0 atom stereocenters. The van der Waals surface area contributed by atoms with Crippen molar-refractivity contribution in [1.82, 2.24) is 0 Å². The Morgan fingerprint density at radius 2 is 1.36 bits per heavy atom. The summed E-state index contributed by atoms with van der Waals surface area (Å²) in [5, 5.41) is 0. The monoisotopic (exact) mass is 346 g/mol. The molecule has 0 bridgehead atoms. The van der Waals surface area contributed by atoms with Crippen molar-refractivity contribution in [3.8, 4) is 0 Å². The summed E-state index contributed by atoms with van der Waals surface area (Å²) in [5.74, 6) is 0. The van der Waals surface area contributed by atoms with Crippen LogP contribution < -0.4 is 0 Å². The van der Waals surface area contributed by atoms with Crippen LogP contribution in [0.15, 0.2) is 31.0 Å². The first-order valence-corrected chi connectivity index (χ1v) is 9.75. The number of benzene rings is 1. The number of carbonyl (C=O) groups excluding carboxylic acids is 1. The normalized spacial score (nSPS) is 10.5. The fourth-order valence-corrected chi connectivity index (χ4v) is 2.96. The van der Waals surface area contributed by atoms with Crippen molar-refractivity contribution in [1.29, 1.82) is 0 Å². The lowest BCUT2D eigenvalue weighted by atomic mass is 9.96. The summed E-state index contributed by atoms with van der Waals surface area (Å²) in [6.45, 7) is 8.19. The van der Waals surface area contributed by atoms with Crippen LogP contribution in [0, 0.1) is 0 Å². The van der Waals surface area contributed by atoms with Crippen molar-refractivity contribution in [3.63, 3.8) is 0 Å². The third kappa shape index (κ3) is 9.96. The second-order valence-electron chi connectivity index (χ2n) is 6.56. The SMILES string of the molecule is C=COC(=O)OCCCc1cc(CCCCC)cc(CCCCC)c1. The van der Waals surface area contributed by atoms with Crippen LogP contribution in [0.5, 0.6) is 0 Å². The number of ether oxygens (including phenoxy) is 2. The molecule has 3 nitrogen and oxygen atoms in total. The Morgan fingerprint density at radius 3 is 1.80 bits per heavy atom. The lowest BCUT2D eigenvalue weighted by Gasteiger charge is -2.10. The average molecular weight is 347 g/mol. The summed E-state index contributed by atoms with van der Waals surface area (Å²) in [6, 6.07) is 7.02. The Hall–Kier alpha value is -1.77. The second kappa shape index (κ2) is 13.5. The van der Waals surface area contributed by atoms with Crippen molar-refractivity contribution < 1.29 is 14.3 Å². The Balaban J connectivity index is 2.58. The molecule has 0 N–H and O–H groups in total. The van der Waals surface area contributed by atoms with E-state index in [2.05, 4.69) is 43.4 Å². The summed E-state index contributed by atoms with van der Waals surface area (Å²) < 4.78 is 9.54. The second-order valence-corrected chi connectivity index (χ2v) is 6.56. The standard InChI is InChI=1S/C22H34O3/c1-4-7-9-12-19-16-20(13-10-8-5-2)18-21(17-19)14-11-15-25-22(23)24-6-3/h6,16-18H,3-5,7-15H2,1-2H3. The van der Waals surface area contributed by atoms with Gasteiger partial charge in [-0.15, -0.1) is 0 Å². The molecule has 0 aliphatic heterocycles. The molecule has 0 amide bonds. The highest BCUT2D eigenvalue weighted by Crippen LogP contribution is 2.17. The first-order chi connectivity index (χ1) is 12.2. The molecule has 140 valence electrons. The number of carbonyl (C=O) groups is 1. The summed E-state index contributed by atoms with van der Waals surface area (Å²) in [4.78, 5) is 11.1. The molecule has 0 heterocycles. The number of rotatable bonds is 13. The Kier molecular flexibility index (Phi) is 11.5. The minimum Gasteiger partial charge on any atom is -0.434 e. The van der Waals surface area contributed by atoms with Gasteiger partial charge < -0.3 is 9.47 Å². The van der Waals surface area contributed by atoms with E-state index in [0.29, 0.717) is 6.61 Å². The van der Waals surface area contributed by atoms with Crippen molar-refractivity contribution in [2.24, 2.45) is 0 Å². The molecule has 1 aromatic carbocycles.